The molecule has 0 bridgehead atoms. The molecule has 0 heterocycles. The fourth-order valence-corrected chi connectivity index (χ4v) is 2.29. The summed E-state index contributed by atoms with van der Waals surface area (Å²) in [6.07, 6.45) is 2.75. The van der Waals surface area contributed by atoms with E-state index in [0.29, 0.717) is 6.04 Å². The average Bonchev–Trinajstić information content (AvgIpc) is 2.94. The van der Waals surface area contributed by atoms with Gasteiger partial charge in [-0.25, -0.2) is 0 Å². The van der Waals surface area contributed by atoms with Gasteiger partial charge in [-0.15, -0.1) is 0 Å². The van der Waals surface area contributed by atoms with Crippen LogP contribution >= 0.6 is 31.9 Å². The highest BCUT2D eigenvalue weighted by Crippen LogP contribution is 2.35. The van der Waals surface area contributed by atoms with Crippen LogP contribution in [-0.4, -0.2) is 6.04 Å². The molecule has 3 heteroatoms. The Bertz CT molecular complexity index is 334. The van der Waals surface area contributed by atoms with Crippen molar-refractivity contribution in [3.63, 3.8) is 0 Å². The highest BCUT2D eigenvalue weighted by Gasteiger charge is 2.27. The molecule has 1 aromatic carbocycles. The monoisotopic (exact) mass is 317 g/mol. The summed E-state index contributed by atoms with van der Waals surface area (Å²) in [4.78, 5) is 0. The third-order valence-corrected chi connectivity index (χ3v) is 3.83. The van der Waals surface area contributed by atoms with Crippen LogP contribution < -0.4 is 5.32 Å². The SMILES string of the molecule is CC(Nc1cc(Br)ccc1Br)C1CC1. The Kier molecular flexibility index (Phi) is 3.17. The van der Waals surface area contributed by atoms with Crippen molar-refractivity contribution < 1.29 is 0 Å². The number of rotatable bonds is 3. The zero-order valence-corrected chi connectivity index (χ0v) is 11.2. The normalized spacial score (nSPS) is 17.9. The molecule has 1 aliphatic rings. The van der Waals surface area contributed by atoms with E-state index in [-0.39, 0.29) is 0 Å². The van der Waals surface area contributed by atoms with Gasteiger partial charge in [-0.3, -0.25) is 0 Å². The second-order valence-corrected chi connectivity index (χ2v) is 5.66. The Hall–Kier alpha value is -0.0200. The molecule has 0 aliphatic heterocycles. The predicted molar refractivity (Wildman–Crippen MR) is 67.7 cm³/mol. The topological polar surface area (TPSA) is 12.0 Å². The van der Waals surface area contributed by atoms with E-state index in [0.717, 1.165) is 14.9 Å². The van der Waals surface area contributed by atoms with Crippen LogP contribution in [0.15, 0.2) is 27.1 Å². The smallest absolute Gasteiger partial charge is 0.0498 e. The first-order chi connectivity index (χ1) is 6.66. The molecule has 0 saturated heterocycles. The van der Waals surface area contributed by atoms with E-state index in [1.165, 1.54) is 18.5 Å². The summed E-state index contributed by atoms with van der Waals surface area (Å²) in [6.45, 7) is 2.25. The van der Waals surface area contributed by atoms with Gasteiger partial charge in [0.15, 0.2) is 0 Å². The van der Waals surface area contributed by atoms with Gasteiger partial charge in [0.1, 0.15) is 0 Å². The fourth-order valence-electron chi connectivity index (χ4n) is 1.57. The molecule has 1 fully saturated rings. The molecule has 1 saturated carbocycles. The first-order valence-electron chi connectivity index (χ1n) is 4.88. The third kappa shape index (κ3) is 2.51. The molecule has 0 spiro atoms. The third-order valence-electron chi connectivity index (χ3n) is 2.64. The molecular formula is C11H13Br2N. The number of benzene rings is 1. The first kappa shape index (κ1) is 10.5. The van der Waals surface area contributed by atoms with E-state index >= 15 is 0 Å². The predicted octanol–water partition coefficient (Wildman–Crippen LogP) is 4.42. The van der Waals surface area contributed by atoms with E-state index in [2.05, 4.69) is 56.2 Å². The molecule has 1 unspecified atom stereocenters. The summed E-state index contributed by atoms with van der Waals surface area (Å²) in [5.41, 5.74) is 1.18. The van der Waals surface area contributed by atoms with Crippen LogP contribution in [0.3, 0.4) is 0 Å². The van der Waals surface area contributed by atoms with E-state index in [1.54, 1.807) is 0 Å². The van der Waals surface area contributed by atoms with E-state index in [1.807, 2.05) is 6.07 Å². The van der Waals surface area contributed by atoms with E-state index in [9.17, 15) is 0 Å². The van der Waals surface area contributed by atoms with Gasteiger partial charge in [0, 0.05) is 20.7 Å². The Balaban J connectivity index is 2.10. The lowest BCUT2D eigenvalue weighted by Gasteiger charge is -2.15. The van der Waals surface area contributed by atoms with Crippen molar-refractivity contribution >= 4 is 37.5 Å². The fraction of sp³-hybridized carbons (Fsp3) is 0.455. The van der Waals surface area contributed by atoms with E-state index < -0.39 is 0 Å². The van der Waals surface area contributed by atoms with Crippen LogP contribution in [0.5, 0.6) is 0 Å². The molecule has 1 aliphatic carbocycles. The molecular weight excluding hydrogens is 306 g/mol. The van der Waals surface area contributed by atoms with Gasteiger partial charge in [0.25, 0.3) is 0 Å². The minimum Gasteiger partial charge on any atom is -0.381 e. The van der Waals surface area contributed by atoms with Crippen molar-refractivity contribution in [3.05, 3.63) is 27.1 Å². The maximum Gasteiger partial charge on any atom is 0.0498 e. The van der Waals surface area contributed by atoms with Crippen LogP contribution in [0.4, 0.5) is 5.69 Å². The maximum atomic E-state index is 3.55. The summed E-state index contributed by atoms with van der Waals surface area (Å²) in [6, 6.07) is 6.80. The van der Waals surface area contributed by atoms with Gasteiger partial charge in [-0.2, -0.15) is 0 Å². The average molecular weight is 319 g/mol. The minimum absolute atomic E-state index is 0.584. The van der Waals surface area contributed by atoms with Crippen molar-refractivity contribution in [1.82, 2.24) is 0 Å². The molecule has 76 valence electrons. The molecule has 1 N–H and O–H groups in total. The van der Waals surface area contributed by atoms with Crippen molar-refractivity contribution in [2.75, 3.05) is 5.32 Å². The number of anilines is 1. The molecule has 0 aromatic heterocycles. The largest absolute Gasteiger partial charge is 0.381 e. The van der Waals surface area contributed by atoms with Gasteiger partial charge in [0.05, 0.1) is 0 Å². The number of nitrogens with one attached hydrogen (secondary N) is 1. The Morgan fingerprint density at radius 2 is 2.07 bits per heavy atom. The molecule has 2 rings (SSSR count). The zero-order chi connectivity index (χ0) is 10.1. The molecule has 0 amide bonds. The lowest BCUT2D eigenvalue weighted by atomic mass is 10.2. The lowest BCUT2D eigenvalue weighted by Crippen LogP contribution is -2.17. The first-order valence-corrected chi connectivity index (χ1v) is 6.47. The van der Waals surface area contributed by atoms with Crippen LogP contribution in [0.2, 0.25) is 0 Å². The Morgan fingerprint density at radius 3 is 2.71 bits per heavy atom. The van der Waals surface area contributed by atoms with Crippen LogP contribution in [0, 0.1) is 5.92 Å². The summed E-state index contributed by atoms with van der Waals surface area (Å²) in [5.74, 6) is 0.876. The molecule has 14 heavy (non-hydrogen) atoms. The quantitative estimate of drug-likeness (QED) is 0.869. The van der Waals surface area contributed by atoms with Gasteiger partial charge in [-0.1, -0.05) is 15.9 Å². The van der Waals surface area contributed by atoms with Crippen LogP contribution in [-0.2, 0) is 0 Å². The second kappa shape index (κ2) is 4.23. The molecule has 0 radical (unpaired) electrons. The number of hydrogen-bond donors (Lipinski definition) is 1. The summed E-state index contributed by atoms with van der Waals surface area (Å²) >= 11 is 7.02. The van der Waals surface area contributed by atoms with Crippen molar-refractivity contribution in [3.8, 4) is 0 Å². The minimum atomic E-state index is 0.584. The van der Waals surface area contributed by atoms with Crippen molar-refractivity contribution in [2.45, 2.75) is 25.8 Å². The summed E-state index contributed by atoms with van der Waals surface area (Å²) in [5, 5.41) is 3.54. The summed E-state index contributed by atoms with van der Waals surface area (Å²) < 4.78 is 2.25. The van der Waals surface area contributed by atoms with Crippen LogP contribution in [0.25, 0.3) is 0 Å². The standard InChI is InChI=1S/C11H13Br2N/c1-7(8-2-3-8)14-11-6-9(12)4-5-10(11)13/h4-8,14H,2-3H2,1H3. The van der Waals surface area contributed by atoms with E-state index in [4.69, 9.17) is 0 Å². The van der Waals surface area contributed by atoms with Crippen molar-refractivity contribution in [2.24, 2.45) is 5.92 Å². The molecule has 1 atom stereocenters. The number of halogens is 2. The zero-order valence-electron chi connectivity index (χ0n) is 8.06. The number of hydrogen-bond acceptors (Lipinski definition) is 1. The van der Waals surface area contributed by atoms with Gasteiger partial charge < -0.3 is 5.32 Å². The summed E-state index contributed by atoms with van der Waals surface area (Å²) in [7, 11) is 0. The van der Waals surface area contributed by atoms with Crippen LogP contribution in [0.1, 0.15) is 19.8 Å². The second-order valence-electron chi connectivity index (χ2n) is 3.89. The highest BCUT2D eigenvalue weighted by molar-refractivity contribution is 9.11. The Labute approximate surface area is 102 Å². The lowest BCUT2D eigenvalue weighted by molar-refractivity contribution is 0.694. The van der Waals surface area contributed by atoms with Gasteiger partial charge >= 0.3 is 0 Å². The Morgan fingerprint density at radius 1 is 1.36 bits per heavy atom. The van der Waals surface area contributed by atoms with Gasteiger partial charge in [0.2, 0.25) is 0 Å². The molecule has 1 aromatic rings. The molecule has 1 nitrogen and oxygen atoms in total. The highest BCUT2D eigenvalue weighted by atomic mass is 79.9. The van der Waals surface area contributed by atoms with Gasteiger partial charge in [-0.05, 0) is 59.8 Å². The van der Waals surface area contributed by atoms with Crippen molar-refractivity contribution in [1.29, 1.82) is 0 Å². The maximum absolute atomic E-state index is 3.55.